The fraction of sp³-hybridized carbons (Fsp3) is 0.294. The molecule has 0 saturated heterocycles. The number of nitrogens with zero attached hydrogens (tertiary/aromatic N) is 3. The van der Waals surface area contributed by atoms with Gasteiger partial charge in [-0.1, -0.05) is 30.1 Å². The van der Waals surface area contributed by atoms with E-state index in [-0.39, 0.29) is 32.5 Å². The minimum Gasteiger partial charge on any atom is -0.489 e. The highest BCUT2D eigenvalue weighted by Crippen LogP contribution is 2.42. The van der Waals surface area contributed by atoms with E-state index in [4.69, 9.17) is 33.7 Å². The Balaban J connectivity index is 2.23. The molecule has 5 nitrogen and oxygen atoms in total. The first-order valence-electron chi connectivity index (χ1n) is 7.84. The second-order valence-electron chi connectivity index (χ2n) is 6.08. The molecule has 0 fully saturated rings. The van der Waals surface area contributed by atoms with E-state index >= 15 is 0 Å². The number of benzene rings is 1. The van der Waals surface area contributed by atoms with Gasteiger partial charge in [-0.05, 0) is 35.8 Å². The summed E-state index contributed by atoms with van der Waals surface area (Å²) in [6.45, 7) is 5.63. The van der Waals surface area contributed by atoms with Crippen LogP contribution in [-0.4, -0.2) is 20.5 Å². The third-order valence-corrected chi connectivity index (χ3v) is 5.17. The zero-order chi connectivity index (χ0) is 19.2. The standard InChI is InChI=1S/C17H16BrCl2FN4O/c1-7(2)26-14-9(6-10(19)12(21)11(14)18)8(3)17-24-15(20)13-16(22)23-4-5-25(13)17/h4-8H,1-3H3,(H2,22,23). The first-order valence-corrected chi connectivity index (χ1v) is 9.39. The summed E-state index contributed by atoms with van der Waals surface area (Å²) >= 11 is 15.6. The average molecular weight is 462 g/mol. The molecule has 0 aliphatic heterocycles. The Bertz CT molecular complexity index is 993. The van der Waals surface area contributed by atoms with Gasteiger partial charge in [-0.3, -0.25) is 4.40 Å². The van der Waals surface area contributed by atoms with Crippen molar-refractivity contribution in [3.05, 3.63) is 50.3 Å². The maximum atomic E-state index is 14.3. The molecule has 3 rings (SSSR count). The predicted octanol–water partition coefficient (Wildman–Crippen LogP) is 5.46. The molecule has 3 aromatic rings. The number of anilines is 1. The summed E-state index contributed by atoms with van der Waals surface area (Å²) in [4.78, 5) is 8.47. The Morgan fingerprint density at radius 3 is 2.65 bits per heavy atom. The van der Waals surface area contributed by atoms with Gasteiger partial charge in [0.05, 0.1) is 15.6 Å². The third-order valence-electron chi connectivity index (χ3n) is 3.92. The highest BCUT2D eigenvalue weighted by atomic mass is 79.9. The molecule has 0 radical (unpaired) electrons. The van der Waals surface area contributed by atoms with E-state index in [0.29, 0.717) is 22.7 Å². The van der Waals surface area contributed by atoms with E-state index in [0.717, 1.165) is 0 Å². The number of imidazole rings is 1. The van der Waals surface area contributed by atoms with Crippen LogP contribution in [0.15, 0.2) is 22.9 Å². The lowest BCUT2D eigenvalue weighted by molar-refractivity contribution is 0.236. The smallest absolute Gasteiger partial charge is 0.159 e. The molecule has 138 valence electrons. The highest BCUT2D eigenvalue weighted by molar-refractivity contribution is 9.10. The van der Waals surface area contributed by atoms with Gasteiger partial charge in [-0.2, -0.15) is 0 Å². The van der Waals surface area contributed by atoms with Crippen LogP contribution in [0.3, 0.4) is 0 Å². The fourth-order valence-corrected chi connectivity index (χ4v) is 3.90. The van der Waals surface area contributed by atoms with Crippen LogP contribution in [0.1, 0.15) is 38.1 Å². The van der Waals surface area contributed by atoms with Crippen molar-refractivity contribution >= 4 is 50.5 Å². The van der Waals surface area contributed by atoms with Crippen molar-refractivity contribution in [2.45, 2.75) is 32.8 Å². The van der Waals surface area contributed by atoms with Crippen molar-refractivity contribution in [1.29, 1.82) is 0 Å². The Kier molecular flexibility index (Phi) is 5.33. The summed E-state index contributed by atoms with van der Waals surface area (Å²) in [6, 6.07) is 1.55. The summed E-state index contributed by atoms with van der Waals surface area (Å²) in [6.07, 6.45) is 3.13. The molecule has 1 atom stereocenters. The molecule has 0 saturated carbocycles. The number of aromatic nitrogens is 3. The first kappa shape index (κ1) is 19.2. The zero-order valence-electron chi connectivity index (χ0n) is 14.2. The van der Waals surface area contributed by atoms with Crippen molar-refractivity contribution in [3.8, 4) is 5.75 Å². The van der Waals surface area contributed by atoms with Gasteiger partial charge in [0.2, 0.25) is 0 Å². The number of nitrogen functional groups attached to an aromatic ring is 1. The number of nitrogens with two attached hydrogens (primary N) is 1. The molecule has 9 heteroatoms. The molecule has 26 heavy (non-hydrogen) atoms. The number of hydrogen-bond donors (Lipinski definition) is 1. The number of rotatable bonds is 4. The molecular weight excluding hydrogens is 446 g/mol. The molecule has 0 bridgehead atoms. The van der Waals surface area contributed by atoms with Gasteiger partial charge in [0.25, 0.3) is 0 Å². The van der Waals surface area contributed by atoms with E-state index in [1.807, 2.05) is 20.8 Å². The molecule has 0 aliphatic carbocycles. The Morgan fingerprint density at radius 1 is 1.31 bits per heavy atom. The highest BCUT2D eigenvalue weighted by Gasteiger charge is 2.26. The number of fused-ring (bicyclic) bond motifs is 1. The van der Waals surface area contributed by atoms with Gasteiger partial charge < -0.3 is 10.5 Å². The Morgan fingerprint density at radius 2 is 2.00 bits per heavy atom. The SMILES string of the molecule is CC(C)Oc1c(C(C)c2nc(Cl)c3c(N)nccn23)cc(Cl)c(F)c1Br. The minimum absolute atomic E-state index is 0.0111. The molecule has 0 aliphatic rings. The third kappa shape index (κ3) is 3.23. The number of ether oxygens (including phenoxy) is 1. The average Bonchev–Trinajstić information content (AvgIpc) is 2.92. The van der Waals surface area contributed by atoms with Crippen molar-refractivity contribution < 1.29 is 9.13 Å². The van der Waals surface area contributed by atoms with Gasteiger partial charge in [0.1, 0.15) is 17.1 Å². The second-order valence-corrected chi connectivity index (χ2v) is 7.64. The maximum absolute atomic E-state index is 14.3. The normalized spacial score (nSPS) is 12.8. The van der Waals surface area contributed by atoms with Crippen molar-refractivity contribution in [2.24, 2.45) is 0 Å². The lowest BCUT2D eigenvalue weighted by Crippen LogP contribution is -2.12. The molecule has 1 unspecified atom stereocenters. The van der Waals surface area contributed by atoms with Crippen molar-refractivity contribution in [2.75, 3.05) is 5.73 Å². The van der Waals surface area contributed by atoms with E-state index in [2.05, 4.69) is 25.9 Å². The predicted molar refractivity (Wildman–Crippen MR) is 105 cm³/mol. The summed E-state index contributed by atoms with van der Waals surface area (Å²) < 4.78 is 22.1. The lowest BCUT2D eigenvalue weighted by atomic mass is 9.99. The van der Waals surface area contributed by atoms with Crippen LogP contribution in [-0.2, 0) is 0 Å². The summed E-state index contributed by atoms with van der Waals surface area (Å²) in [5.41, 5.74) is 7.11. The quantitative estimate of drug-likeness (QED) is 0.524. The molecular formula is C17H16BrCl2FN4O. The van der Waals surface area contributed by atoms with E-state index in [1.165, 1.54) is 0 Å². The van der Waals surface area contributed by atoms with Crippen LogP contribution in [0.25, 0.3) is 5.52 Å². The molecule has 1 aromatic carbocycles. The lowest BCUT2D eigenvalue weighted by Gasteiger charge is -2.21. The number of hydrogen-bond acceptors (Lipinski definition) is 4. The molecule has 0 amide bonds. The van der Waals surface area contributed by atoms with Crippen LogP contribution >= 0.6 is 39.1 Å². The first-order chi connectivity index (χ1) is 12.2. The fourth-order valence-electron chi connectivity index (χ4n) is 2.76. The van der Waals surface area contributed by atoms with Crippen LogP contribution in [0.2, 0.25) is 10.2 Å². The van der Waals surface area contributed by atoms with Crippen LogP contribution in [0.5, 0.6) is 5.75 Å². The van der Waals surface area contributed by atoms with Crippen molar-refractivity contribution in [1.82, 2.24) is 14.4 Å². The topological polar surface area (TPSA) is 65.4 Å². The Hall–Kier alpha value is -1.57. The molecule has 2 N–H and O–H groups in total. The Labute approximate surface area is 168 Å². The summed E-state index contributed by atoms with van der Waals surface area (Å²) in [5, 5.41) is 0.235. The summed E-state index contributed by atoms with van der Waals surface area (Å²) in [7, 11) is 0. The summed E-state index contributed by atoms with van der Waals surface area (Å²) in [5.74, 6) is 0.393. The van der Waals surface area contributed by atoms with Gasteiger partial charge >= 0.3 is 0 Å². The zero-order valence-corrected chi connectivity index (χ0v) is 17.3. The monoisotopic (exact) mass is 460 g/mol. The van der Waals surface area contributed by atoms with Crippen LogP contribution in [0, 0.1) is 5.82 Å². The van der Waals surface area contributed by atoms with Crippen LogP contribution in [0.4, 0.5) is 10.2 Å². The minimum atomic E-state index is -0.572. The van der Waals surface area contributed by atoms with E-state index in [9.17, 15) is 4.39 Å². The van der Waals surface area contributed by atoms with E-state index < -0.39 is 5.82 Å². The van der Waals surface area contributed by atoms with Crippen LogP contribution < -0.4 is 10.5 Å². The van der Waals surface area contributed by atoms with Gasteiger partial charge in [-0.25, -0.2) is 14.4 Å². The maximum Gasteiger partial charge on any atom is 0.159 e. The van der Waals surface area contributed by atoms with Gasteiger partial charge in [-0.15, -0.1) is 0 Å². The number of halogens is 4. The van der Waals surface area contributed by atoms with Gasteiger partial charge in [0, 0.05) is 23.9 Å². The molecule has 2 heterocycles. The molecule has 0 spiro atoms. The van der Waals surface area contributed by atoms with E-state index in [1.54, 1.807) is 22.9 Å². The molecule has 2 aromatic heterocycles. The largest absolute Gasteiger partial charge is 0.489 e. The second kappa shape index (κ2) is 7.21. The van der Waals surface area contributed by atoms with Crippen molar-refractivity contribution in [3.63, 3.8) is 0 Å². The van der Waals surface area contributed by atoms with Gasteiger partial charge in [0.15, 0.2) is 16.8 Å².